The van der Waals surface area contributed by atoms with E-state index in [-0.39, 0.29) is 18.7 Å². The van der Waals surface area contributed by atoms with Gasteiger partial charge < -0.3 is 10.0 Å². The van der Waals surface area contributed by atoms with Crippen molar-refractivity contribution in [1.29, 1.82) is 0 Å². The lowest BCUT2D eigenvalue weighted by Crippen LogP contribution is -2.30. The minimum atomic E-state index is -0.861. The number of aliphatic carboxylic acids is 1. The van der Waals surface area contributed by atoms with Crippen molar-refractivity contribution in [3.05, 3.63) is 30.3 Å². The van der Waals surface area contributed by atoms with Crippen molar-refractivity contribution in [2.75, 3.05) is 11.4 Å². The zero-order valence-corrected chi connectivity index (χ0v) is 9.93. The zero-order chi connectivity index (χ0) is 12.7. The Morgan fingerprint density at radius 1 is 1.18 bits per heavy atom. The average Bonchev–Trinajstić information content (AvgIpc) is 2.31. The number of hydrogen-bond donors (Lipinski definition) is 1. The van der Waals surface area contributed by atoms with Crippen molar-refractivity contribution in [3.8, 4) is 0 Å². The highest BCUT2D eigenvalue weighted by Gasteiger charge is 2.13. The van der Waals surface area contributed by atoms with Crippen LogP contribution in [0.15, 0.2) is 30.3 Å². The maximum atomic E-state index is 11.9. The lowest BCUT2D eigenvalue weighted by atomic mass is 10.2. The van der Waals surface area contributed by atoms with Gasteiger partial charge in [0.05, 0.1) is 0 Å². The molecule has 0 aliphatic heterocycles. The first-order valence-electron chi connectivity index (χ1n) is 5.72. The van der Waals surface area contributed by atoms with Gasteiger partial charge in [-0.05, 0) is 25.5 Å². The molecule has 0 unspecified atom stereocenters. The molecule has 0 radical (unpaired) electrons. The largest absolute Gasteiger partial charge is 0.481 e. The molecule has 1 aromatic rings. The predicted octanol–water partition coefficient (Wildman–Crippen LogP) is 2.29. The molecule has 92 valence electrons. The van der Waals surface area contributed by atoms with Crippen LogP contribution in [0.4, 0.5) is 5.69 Å². The highest BCUT2D eigenvalue weighted by atomic mass is 16.4. The number of hydrogen-bond acceptors (Lipinski definition) is 2. The van der Waals surface area contributed by atoms with Gasteiger partial charge in [0.15, 0.2) is 0 Å². The number of carbonyl (C=O) groups excluding carboxylic acids is 1. The Bertz CT molecular complexity index is 376. The van der Waals surface area contributed by atoms with Gasteiger partial charge in [0.25, 0.3) is 0 Å². The minimum absolute atomic E-state index is 0.0278. The summed E-state index contributed by atoms with van der Waals surface area (Å²) in [6, 6.07) is 9.40. The first-order chi connectivity index (χ1) is 8.15. The SMILES string of the molecule is CCN(C(=O)CCCC(=O)O)c1ccccc1. The second kappa shape index (κ2) is 6.68. The third-order valence-corrected chi connectivity index (χ3v) is 2.47. The number of carboxylic acids is 1. The average molecular weight is 235 g/mol. The van der Waals surface area contributed by atoms with Crippen LogP contribution < -0.4 is 4.90 Å². The van der Waals surface area contributed by atoms with E-state index in [9.17, 15) is 9.59 Å². The van der Waals surface area contributed by atoms with Gasteiger partial charge in [-0.25, -0.2) is 0 Å². The molecule has 0 aliphatic carbocycles. The summed E-state index contributed by atoms with van der Waals surface area (Å²) < 4.78 is 0. The Morgan fingerprint density at radius 3 is 2.35 bits per heavy atom. The summed E-state index contributed by atoms with van der Waals surface area (Å²) in [6.45, 7) is 2.50. The van der Waals surface area contributed by atoms with Crippen molar-refractivity contribution in [3.63, 3.8) is 0 Å². The van der Waals surface area contributed by atoms with Gasteiger partial charge >= 0.3 is 5.97 Å². The topological polar surface area (TPSA) is 57.6 Å². The maximum absolute atomic E-state index is 11.9. The van der Waals surface area contributed by atoms with E-state index in [0.717, 1.165) is 5.69 Å². The summed E-state index contributed by atoms with van der Waals surface area (Å²) in [5.41, 5.74) is 0.857. The Balaban J connectivity index is 2.56. The van der Waals surface area contributed by atoms with Crippen LogP contribution in [-0.2, 0) is 9.59 Å². The highest BCUT2D eigenvalue weighted by Crippen LogP contribution is 2.14. The molecule has 0 atom stereocenters. The van der Waals surface area contributed by atoms with E-state index in [4.69, 9.17) is 5.11 Å². The normalized spacial score (nSPS) is 9.94. The molecule has 0 bridgehead atoms. The number of para-hydroxylation sites is 1. The van der Waals surface area contributed by atoms with Gasteiger partial charge in [0.1, 0.15) is 0 Å². The minimum Gasteiger partial charge on any atom is -0.481 e. The Hall–Kier alpha value is -1.84. The van der Waals surface area contributed by atoms with Gasteiger partial charge in [-0.3, -0.25) is 9.59 Å². The summed E-state index contributed by atoms with van der Waals surface area (Å²) in [4.78, 5) is 23.9. The molecular formula is C13H17NO3. The molecular weight excluding hydrogens is 218 g/mol. The number of carbonyl (C=O) groups is 2. The van der Waals surface area contributed by atoms with Crippen LogP contribution in [0.25, 0.3) is 0 Å². The smallest absolute Gasteiger partial charge is 0.303 e. The molecule has 1 rings (SSSR count). The fraction of sp³-hybridized carbons (Fsp3) is 0.385. The van der Waals surface area contributed by atoms with E-state index in [1.807, 2.05) is 37.3 Å². The van der Waals surface area contributed by atoms with Gasteiger partial charge in [-0.15, -0.1) is 0 Å². The van der Waals surface area contributed by atoms with E-state index in [2.05, 4.69) is 0 Å². The molecule has 1 aromatic carbocycles. The van der Waals surface area contributed by atoms with Gasteiger partial charge in [-0.2, -0.15) is 0 Å². The molecule has 4 heteroatoms. The van der Waals surface area contributed by atoms with Crippen LogP contribution >= 0.6 is 0 Å². The molecule has 1 N–H and O–H groups in total. The second-order valence-electron chi connectivity index (χ2n) is 3.72. The Morgan fingerprint density at radius 2 is 1.82 bits per heavy atom. The first-order valence-corrected chi connectivity index (χ1v) is 5.72. The maximum Gasteiger partial charge on any atom is 0.303 e. The van der Waals surface area contributed by atoms with Crippen molar-refractivity contribution in [1.82, 2.24) is 0 Å². The van der Waals surface area contributed by atoms with E-state index in [1.165, 1.54) is 0 Å². The van der Waals surface area contributed by atoms with Crippen LogP contribution in [0.5, 0.6) is 0 Å². The van der Waals surface area contributed by atoms with Crippen molar-refractivity contribution >= 4 is 17.6 Å². The summed E-state index contributed by atoms with van der Waals surface area (Å²) in [6.07, 6.45) is 0.699. The standard InChI is InChI=1S/C13H17NO3/c1-2-14(11-7-4-3-5-8-11)12(15)9-6-10-13(16)17/h3-5,7-8H,2,6,9-10H2,1H3,(H,16,17). The van der Waals surface area contributed by atoms with Gasteiger partial charge in [0, 0.05) is 25.1 Å². The third kappa shape index (κ3) is 4.26. The Kier molecular flexibility index (Phi) is 5.20. The summed E-state index contributed by atoms with van der Waals surface area (Å²) in [5, 5.41) is 8.51. The number of carboxylic acid groups (broad SMARTS) is 1. The summed E-state index contributed by atoms with van der Waals surface area (Å²) in [7, 11) is 0. The van der Waals surface area contributed by atoms with Crippen LogP contribution in [0.3, 0.4) is 0 Å². The second-order valence-corrected chi connectivity index (χ2v) is 3.72. The highest BCUT2D eigenvalue weighted by molar-refractivity contribution is 5.93. The van der Waals surface area contributed by atoms with E-state index in [0.29, 0.717) is 13.0 Å². The Labute approximate surface area is 101 Å². The molecule has 17 heavy (non-hydrogen) atoms. The van der Waals surface area contributed by atoms with Crippen molar-refractivity contribution in [2.45, 2.75) is 26.2 Å². The van der Waals surface area contributed by atoms with Crippen molar-refractivity contribution < 1.29 is 14.7 Å². The first kappa shape index (κ1) is 13.2. The summed E-state index contributed by atoms with van der Waals surface area (Å²) >= 11 is 0. The molecule has 0 heterocycles. The number of amides is 1. The molecule has 1 amide bonds. The molecule has 0 spiro atoms. The van der Waals surface area contributed by atoms with Crippen LogP contribution in [0, 0.1) is 0 Å². The summed E-state index contributed by atoms with van der Waals surface area (Å²) in [5.74, 6) is -0.888. The quantitative estimate of drug-likeness (QED) is 0.823. The van der Waals surface area contributed by atoms with Crippen LogP contribution in [0.2, 0.25) is 0 Å². The van der Waals surface area contributed by atoms with Crippen LogP contribution in [-0.4, -0.2) is 23.5 Å². The monoisotopic (exact) mass is 235 g/mol. The fourth-order valence-corrected chi connectivity index (χ4v) is 1.64. The molecule has 0 fully saturated rings. The lowest BCUT2D eigenvalue weighted by molar-refractivity contribution is -0.137. The number of benzene rings is 1. The fourth-order valence-electron chi connectivity index (χ4n) is 1.64. The molecule has 4 nitrogen and oxygen atoms in total. The number of rotatable bonds is 6. The van der Waals surface area contributed by atoms with Gasteiger partial charge in [-0.1, -0.05) is 18.2 Å². The van der Waals surface area contributed by atoms with E-state index >= 15 is 0 Å². The molecule has 0 aromatic heterocycles. The van der Waals surface area contributed by atoms with Crippen LogP contribution in [0.1, 0.15) is 26.2 Å². The molecule has 0 saturated carbocycles. The zero-order valence-electron chi connectivity index (χ0n) is 9.93. The van der Waals surface area contributed by atoms with E-state index in [1.54, 1.807) is 4.90 Å². The predicted molar refractivity (Wildman–Crippen MR) is 66.0 cm³/mol. The molecule has 0 saturated heterocycles. The van der Waals surface area contributed by atoms with Gasteiger partial charge in [0.2, 0.25) is 5.91 Å². The lowest BCUT2D eigenvalue weighted by Gasteiger charge is -2.20. The molecule has 0 aliphatic rings. The van der Waals surface area contributed by atoms with E-state index < -0.39 is 5.97 Å². The third-order valence-electron chi connectivity index (χ3n) is 2.47. The number of anilines is 1. The number of nitrogens with zero attached hydrogens (tertiary/aromatic N) is 1. The van der Waals surface area contributed by atoms with Crippen molar-refractivity contribution in [2.24, 2.45) is 0 Å².